The van der Waals surface area contributed by atoms with E-state index in [1.165, 1.54) is 10.4 Å². The number of rotatable bonds is 7. The normalized spacial score (nSPS) is 10.5. The van der Waals surface area contributed by atoms with Gasteiger partial charge in [0.2, 0.25) is 0 Å². The molecule has 1 aromatic heterocycles. The molecule has 84 valence electrons. The molecule has 1 rings (SSSR count). The molecule has 1 aromatic rings. The molecular weight excluding hydrogens is 210 g/mol. The van der Waals surface area contributed by atoms with E-state index in [-0.39, 0.29) is 6.42 Å². The minimum absolute atomic E-state index is 0.248. The van der Waals surface area contributed by atoms with E-state index in [1.807, 2.05) is 0 Å². The number of carbonyl (C=O) groups is 1. The molecule has 15 heavy (non-hydrogen) atoms. The lowest BCUT2D eigenvalue weighted by Crippen LogP contribution is -2.15. The van der Waals surface area contributed by atoms with Gasteiger partial charge in [-0.25, -0.2) is 0 Å². The van der Waals surface area contributed by atoms with E-state index in [0.29, 0.717) is 6.42 Å². The second-order valence-electron chi connectivity index (χ2n) is 3.40. The topological polar surface area (TPSA) is 49.3 Å². The van der Waals surface area contributed by atoms with Crippen LogP contribution in [0.2, 0.25) is 0 Å². The molecule has 0 atom stereocenters. The van der Waals surface area contributed by atoms with Crippen LogP contribution in [0.15, 0.2) is 11.4 Å². The lowest BCUT2D eigenvalue weighted by atomic mass is 10.2. The minimum Gasteiger partial charge on any atom is -0.481 e. The number of thiophene rings is 1. The highest BCUT2D eigenvalue weighted by Crippen LogP contribution is 2.16. The quantitative estimate of drug-likeness (QED) is 0.702. The number of nitrogens with one attached hydrogen (secondary N) is 1. The molecule has 0 spiro atoms. The molecule has 0 amide bonds. The molecule has 1 heterocycles. The minimum atomic E-state index is -0.720. The Morgan fingerprint density at radius 2 is 2.40 bits per heavy atom. The summed E-state index contributed by atoms with van der Waals surface area (Å²) in [6.45, 7) is 3.78. The molecule has 4 heteroatoms. The number of hydrogen-bond donors (Lipinski definition) is 2. The first-order valence-corrected chi connectivity index (χ1v) is 6.09. The van der Waals surface area contributed by atoms with Crippen molar-refractivity contribution in [2.75, 3.05) is 6.54 Å². The van der Waals surface area contributed by atoms with Crippen LogP contribution >= 0.6 is 11.3 Å². The van der Waals surface area contributed by atoms with Crippen molar-refractivity contribution in [3.8, 4) is 0 Å². The summed E-state index contributed by atoms with van der Waals surface area (Å²) in [7, 11) is 0. The van der Waals surface area contributed by atoms with Gasteiger partial charge in [0, 0.05) is 17.8 Å². The molecule has 3 nitrogen and oxygen atoms in total. The van der Waals surface area contributed by atoms with Gasteiger partial charge in [0.15, 0.2) is 0 Å². The number of aliphatic carboxylic acids is 1. The Labute approximate surface area is 94.1 Å². The smallest absolute Gasteiger partial charge is 0.303 e. The summed E-state index contributed by atoms with van der Waals surface area (Å²) in [6, 6.07) is 2.15. The third kappa shape index (κ3) is 4.44. The zero-order valence-corrected chi connectivity index (χ0v) is 9.77. The summed E-state index contributed by atoms with van der Waals surface area (Å²) in [4.78, 5) is 11.6. The van der Waals surface area contributed by atoms with Gasteiger partial charge in [-0.2, -0.15) is 0 Å². The Kier molecular flexibility index (Phi) is 5.36. The first-order chi connectivity index (χ1) is 7.24. The fourth-order valence-corrected chi connectivity index (χ4v) is 2.35. The summed E-state index contributed by atoms with van der Waals surface area (Å²) in [6.07, 6.45) is 2.01. The molecule has 0 radical (unpaired) electrons. The van der Waals surface area contributed by atoms with Crippen LogP contribution in [0.1, 0.15) is 30.2 Å². The first-order valence-electron chi connectivity index (χ1n) is 5.21. The average molecular weight is 227 g/mol. The zero-order chi connectivity index (χ0) is 11.1. The Balaban J connectivity index is 2.17. The van der Waals surface area contributed by atoms with E-state index in [2.05, 4.69) is 23.7 Å². The fraction of sp³-hybridized carbons (Fsp3) is 0.545. The second kappa shape index (κ2) is 6.58. The summed E-state index contributed by atoms with van der Waals surface area (Å²) in [5, 5.41) is 13.8. The Morgan fingerprint density at radius 3 is 3.07 bits per heavy atom. The lowest BCUT2D eigenvalue weighted by Gasteiger charge is -2.03. The average Bonchev–Trinajstić information content (AvgIpc) is 2.64. The molecule has 0 aliphatic carbocycles. The Hall–Kier alpha value is -0.870. The summed E-state index contributed by atoms with van der Waals surface area (Å²) in [5.41, 5.74) is 1.39. The first kappa shape index (κ1) is 12.2. The monoisotopic (exact) mass is 227 g/mol. The number of carboxylic acid groups (broad SMARTS) is 1. The van der Waals surface area contributed by atoms with Gasteiger partial charge in [-0.1, -0.05) is 6.92 Å². The molecule has 0 aromatic carbocycles. The van der Waals surface area contributed by atoms with Gasteiger partial charge in [0.1, 0.15) is 0 Å². The van der Waals surface area contributed by atoms with Gasteiger partial charge < -0.3 is 10.4 Å². The SMILES string of the molecule is CCc1ccsc1CNCCCC(=O)O. The molecule has 0 fully saturated rings. The summed E-state index contributed by atoms with van der Waals surface area (Å²) in [5.74, 6) is -0.720. The predicted molar refractivity (Wildman–Crippen MR) is 62.3 cm³/mol. The van der Waals surface area contributed by atoms with E-state index in [0.717, 1.165) is 19.5 Å². The second-order valence-corrected chi connectivity index (χ2v) is 4.40. The van der Waals surface area contributed by atoms with Crippen molar-refractivity contribution in [3.63, 3.8) is 0 Å². The summed E-state index contributed by atoms with van der Waals surface area (Å²) >= 11 is 1.76. The van der Waals surface area contributed by atoms with E-state index in [1.54, 1.807) is 11.3 Å². The van der Waals surface area contributed by atoms with Crippen LogP contribution in [-0.2, 0) is 17.8 Å². The molecule has 0 bridgehead atoms. The number of hydrogen-bond acceptors (Lipinski definition) is 3. The zero-order valence-electron chi connectivity index (χ0n) is 8.95. The van der Waals surface area contributed by atoms with Gasteiger partial charge in [0.05, 0.1) is 0 Å². The van der Waals surface area contributed by atoms with E-state index >= 15 is 0 Å². The molecule has 0 saturated heterocycles. The van der Waals surface area contributed by atoms with Crippen LogP contribution in [0.25, 0.3) is 0 Å². The molecule has 0 aliphatic heterocycles. The molecule has 0 aliphatic rings. The van der Waals surface area contributed by atoms with Gasteiger partial charge in [-0.3, -0.25) is 4.79 Å². The largest absolute Gasteiger partial charge is 0.481 e. The molecule has 0 saturated carbocycles. The van der Waals surface area contributed by atoms with Gasteiger partial charge in [-0.15, -0.1) is 11.3 Å². The number of carboxylic acids is 1. The standard InChI is InChI=1S/C11H17NO2S/c1-2-9-5-7-15-10(9)8-12-6-3-4-11(13)14/h5,7,12H,2-4,6,8H2,1H3,(H,13,14). The highest BCUT2D eigenvalue weighted by Gasteiger charge is 2.01. The van der Waals surface area contributed by atoms with E-state index < -0.39 is 5.97 Å². The predicted octanol–water partition coefficient (Wildman–Crippen LogP) is 2.26. The van der Waals surface area contributed by atoms with Crippen LogP contribution < -0.4 is 5.32 Å². The van der Waals surface area contributed by atoms with E-state index in [9.17, 15) is 4.79 Å². The highest BCUT2D eigenvalue weighted by molar-refractivity contribution is 7.10. The maximum absolute atomic E-state index is 10.3. The van der Waals surface area contributed by atoms with Crippen LogP contribution in [0, 0.1) is 0 Å². The van der Waals surface area contributed by atoms with Gasteiger partial charge in [-0.05, 0) is 36.4 Å². The van der Waals surface area contributed by atoms with Crippen LogP contribution in [-0.4, -0.2) is 17.6 Å². The van der Waals surface area contributed by atoms with Crippen molar-refractivity contribution in [2.45, 2.75) is 32.7 Å². The van der Waals surface area contributed by atoms with Crippen molar-refractivity contribution in [1.29, 1.82) is 0 Å². The molecule has 2 N–H and O–H groups in total. The van der Waals surface area contributed by atoms with Gasteiger partial charge >= 0.3 is 5.97 Å². The third-order valence-electron chi connectivity index (χ3n) is 2.25. The van der Waals surface area contributed by atoms with Crippen molar-refractivity contribution in [3.05, 3.63) is 21.9 Å². The van der Waals surface area contributed by atoms with Crippen molar-refractivity contribution in [1.82, 2.24) is 5.32 Å². The van der Waals surface area contributed by atoms with Crippen LogP contribution in [0.3, 0.4) is 0 Å². The van der Waals surface area contributed by atoms with Crippen molar-refractivity contribution >= 4 is 17.3 Å². The Morgan fingerprint density at radius 1 is 1.60 bits per heavy atom. The molecular formula is C11H17NO2S. The fourth-order valence-electron chi connectivity index (χ4n) is 1.40. The van der Waals surface area contributed by atoms with Crippen molar-refractivity contribution < 1.29 is 9.90 Å². The Bertz CT molecular complexity index is 309. The lowest BCUT2D eigenvalue weighted by molar-refractivity contribution is -0.137. The summed E-state index contributed by atoms with van der Waals surface area (Å²) < 4.78 is 0. The maximum Gasteiger partial charge on any atom is 0.303 e. The van der Waals surface area contributed by atoms with Crippen LogP contribution in [0.5, 0.6) is 0 Å². The number of aryl methyl sites for hydroxylation is 1. The van der Waals surface area contributed by atoms with E-state index in [4.69, 9.17) is 5.11 Å². The van der Waals surface area contributed by atoms with Gasteiger partial charge in [0.25, 0.3) is 0 Å². The molecule has 0 unspecified atom stereocenters. The highest BCUT2D eigenvalue weighted by atomic mass is 32.1. The van der Waals surface area contributed by atoms with Crippen molar-refractivity contribution in [2.24, 2.45) is 0 Å². The van der Waals surface area contributed by atoms with Crippen LogP contribution in [0.4, 0.5) is 0 Å². The maximum atomic E-state index is 10.3. The third-order valence-corrected chi connectivity index (χ3v) is 3.21.